The lowest BCUT2D eigenvalue weighted by molar-refractivity contribution is 0.673. The van der Waals surface area contributed by atoms with Crippen molar-refractivity contribution in [3.63, 3.8) is 0 Å². The monoisotopic (exact) mass is 160 g/mol. The number of hydrogen-bond donors (Lipinski definition) is 1. The first-order chi connectivity index (χ1) is 5.92. The van der Waals surface area contributed by atoms with E-state index in [0.717, 1.165) is 12.5 Å². The summed E-state index contributed by atoms with van der Waals surface area (Å²) in [5.41, 5.74) is 1.91. The molecule has 0 spiro atoms. The molecule has 2 heterocycles. The Morgan fingerprint density at radius 1 is 1.58 bits per heavy atom. The summed E-state index contributed by atoms with van der Waals surface area (Å²) in [7, 11) is 0. The van der Waals surface area contributed by atoms with E-state index in [0.29, 0.717) is 5.41 Å². The molecule has 0 amide bonds. The normalized spacial score (nSPS) is 37.8. The maximum Gasteiger partial charge on any atom is 0.0306 e. The predicted molar refractivity (Wildman–Crippen MR) is 46.9 cm³/mol. The van der Waals surface area contributed by atoms with E-state index in [9.17, 15) is 0 Å². The molecule has 2 fully saturated rings. The number of nitrogens with one attached hydrogen (secondary N) is 1. The molecule has 1 saturated carbocycles. The molecule has 2 atom stereocenters. The summed E-state index contributed by atoms with van der Waals surface area (Å²) in [5.74, 6) is 0.890. The SMILES string of the molecule is c1cncc(C23CNCC2C3)c1. The lowest BCUT2D eigenvalue weighted by Crippen LogP contribution is -2.19. The van der Waals surface area contributed by atoms with Gasteiger partial charge in [-0.15, -0.1) is 0 Å². The molecule has 1 aliphatic carbocycles. The number of piperidine rings is 1. The highest BCUT2D eigenvalue weighted by molar-refractivity contribution is 5.34. The zero-order valence-electron chi connectivity index (χ0n) is 6.96. The molecule has 2 heteroatoms. The van der Waals surface area contributed by atoms with Crippen molar-refractivity contribution < 1.29 is 0 Å². The molecule has 1 saturated heterocycles. The minimum Gasteiger partial charge on any atom is -0.316 e. The van der Waals surface area contributed by atoms with Gasteiger partial charge in [-0.2, -0.15) is 0 Å². The maximum atomic E-state index is 4.17. The van der Waals surface area contributed by atoms with E-state index in [1.807, 2.05) is 18.5 Å². The number of hydrogen-bond acceptors (Lipinski definition) is 2. The van der Waals surface area contributed by atoms with Crippen LogP contribution in [0.15, 0.2) is 24.5 Å². The highest BCUT2D eigenvalue weighted by atomic mass is 15.0. The summed E-state index contributed by atoms with van der Waals surface area (Å²) in [6.07, 6.45) is 5.23. The second-order valence-electron chi connectivity index (χ2n) is 3.93. The number of pyridine rings is 1. The van der Waals surface area contributed by atoms with E-state index in [1.165, 1.54) is 18.5 Å². The molecule has 2 unspecified atom stereocenters. The first kappa shape index (κ1) is 6.61. The van der Waals surface area contributed by atoms with E-state index < -0.39 is 0 Å². The molecule has 2 nitrogen and oxygen atoms in total. The van der Waals surface area contributed by atoms with Gasteiger partial charge >= 0.3 is 0 Å². The van der Waals surface area contributed by atoms with Gasteiger partial charge in [-0.25, -0.2) is 0 Å². The quantitative estimate of drug-likeness (QED) is 0.661. The fourth-order valence-corrected chi connectivity index (χ4v) is 2.45. The van der Waals surface area contributed by atoms with Gasteiger partial charge in [0.1, 0.15) is 0 Å². The van der Waals surface area contributed by atoms with Crippen molar-refractivity contribution in [1.82, 2.24) is 10.3 Å². The second kappa shape index (κ2) is 2.07. The number of rotatable bonds is 1. The summed E-state index contributed by atoms with van der Waals surface area (Å²) in [4.78, 5) is 4.17. The van der Waals surface area contributed by atoms with Crippen LogP contribution < -0.4 is 5.32 Å². The molecule has 0 aromatic carbocycles. The van der Waals surface area contributed by atoms with E-state index in [4.69, 9.17) is 0 Å². The first-order valence-electron chi connectivity index (χ1n) is 4.53. The third-order valence-electron chi connectivity index (χ3n) is 3.30. The van der Waals surface area contributed by atoms with Crippen LogP contribution in [0.1, 0.15) is 12.0 Å². The van der Waals surface area contributed by atoms with Crippen molar-refractivity contribution >= 4 is 0 Å². The highest BCUT2D eigenvalue weighted by Gasteiger charge is 2.58. The summed E-state index contributed by atoms with van der Waals surface area (Å²) < 4.78 is 0. The van der Waals surface area contributed by atoms with Crippen LogP contribution in [0.5, 0.6) is 0 Å². The molecule has 0 radical (unpaired) electrons. The Bertz CT molecular complexity index is 296. The summed E-state index contributed by atoms with van der Waals surface area (Å²) in [6, 6.07) is 4.25. The van der Waals surface area contributed by atoms with Gasteiger partial charge in [0.05, 0.1) is 0 Å². The standard InChI is InChI=1S/C10H12N2/c1-2-8(5-11-3-1)10-4-9(10)6-12-7-10/h1-3,5,9,12H,4,6-7H2. The molecule has 1 aliphatic heterocycles. The largest absolute Gasteiger partial charge is 0.316 e. The van der Waals surface area contributed by atoms with Crippen LogP contribution in [-0.2, 0) is 5.41 Å². The minimum atomic E-state index is 0.480. The Kier molecular flexibility index (Phi) is 1.14. The van der Waals surface area contributed by atoms with Crippen molar-refractivity contribution in [2.75, 3.05) is 13.1 Å². The van der Waals surface area contributed by atoms with Crippen LogP contribution in [0, 0.1) is 5.92 Å². The fraction of sp³-hybridized carbons (Fsp3) is 0.500. The Hall–Kier alpha value is -0.890. The van der Waals surface area contributed by atoms with E-state index in [2.05, 4.69) is 16.4 Å². The fourth-order valence-electron chi connectivity index (χ4n) is 2.45. The van der Waals surface area contributed by atoms with E-state index in [-0.39, 0.29) is 0 Å². The number of aromatic nitrogens is 1. The van der Waals surface area contributed by atoms with Crippen molar-refractivity contribution in [2.45, 2.75) is 11.8 Å². The zero-order chi connectivity index (χ0) is 8.02. The molecule has 12 heavy (non-hydrogen) atoms. The lowest BCUT2D eigenvalue weighted by atomic mass is 9.97. The molecule has 62 valence electrons. The topological polar surface area (TPSA) is 24.9 Å². The van der Waals surface area contributed by atoms with Gasteiger partial charge in [0.2, 0.25) is 0 Å². The smallest absolute Gasteiger partial charge is 0.0306 e. The van der Waals surface area contributed by atoms with E-state index >= 15 is 0 Å². The highest BCUT2D eigenvalue weighted by Crippen LogP contribution is 2.56. The zero-order valence-corrected chi connectivity index (χ0v) is 6.96. The molecule has 2 aliphatic rings. The summed E-state index contributed by atoms with van der Waals surface area (Å²) in [5, 5.41) is 3.43. The van der Waals surface area contributed by atoms with Crippen molar-refractivity contribution in [2.24, 2.45) is 5.92 Å². The molecular weight excluding hydrogens is 148 g/mol. The molecule has 1 aromatic heterocycles. The maximum absolute atomic E-state index is 4.17. The van der Waals surface area contributed by atoms with Gasteiger partial charge in [0.15, 0.2) is 0 Å². The first-order valence-corrected chi connectivity index (χ1v) is 4.53. The molecule has 3 rings (SSSR count). The number of fused-ring (bicyclic) bond motifs is 1. The van der Waals surface area contributed by atoms with Gasteiger partial charge in [-0.1, -0.05) is 6.07 Å². The average Bonchev–Trinajstić information content (AvgIpc) is 2.72. The van der Waals surface area contributed by atoms with Crippen LogP contribution in [0.4, 0.5) is 0 Å². The Labute approximate surface area is 72.0 Å². The van der Waals surface area contributed by atoms with Crippen molar-refractivity contribution in [3.05, 3.63) is 30.1 Å². The Balaban J connectivity index is 2.00. The lowest BCUT2D eigenvalue weighted by Gasteiger charge is -2.10. The third kappa shape index (κ3) is 0.707. The molecule has 1 N–H and O–H groups in total. The molecule has 0 bridgehead atoms. The average molecular weight is 160 g/mol. The third-order valence-corrected chi connectivity index (χ3v) is 3.30. The predicted octanol–water partition coefficient (Wildman–Crippen LogP) is 0.942. The summed E-state index contributed by atoms with van der Waals surface area (Å²) >= 11 is 0. The van der Waals surface area contributed by atoms with Gasteiger partial charge in [0, 0.05) is 24.4 Å². The number of nitrogens with zero attached hydrogens (tertiary/aromatic N) is 1. The molecular formula is C10H12N2. The van der Waals surface area contributed by atoms with E-state index in [1.54, 1.807) is 0 Å². The van der Waals surface area contributed by atoms with Crippen LogP contribution in [0.2, 0.25) is 0 Å². The Morgan fingerprint density at radius 2 is 2.58 bits per heavy atom. The van der Waals surface area contributed by atoms with Crippen LogP contribution in [-0.4, -0.2) is 18.1 Å². The van der Waals surface area contributed by atoms with Crippen LogP contribution >= 0.6 is 0 Å². The van der Waals surface area contributed by atoms with Crippen molar-refractivity contribution in [3.8, 4) is 0 Å². The van der Waals surface area contributed by atoms with Gasteiger partial charge in [0.25, 0.3) is 0 Å². The second-order valence-corrected chi connectivity index (χ2v) is 3.93. The molecule has 1 aromatic rings. The van der Waals surface area contributed by atoms with Gasteiger partial charge < -0.3 is 5.32 Å². The van der Waals surface area contributed by atoms with Crippen LogP contribution in [0.3, 0.4) is 0 Å². The van der Waals surface area contributed by atoms with Gasteiger partial charge in [-0.3, -0.25) is 4.98 Å². The van der Waals surface area contributed by atoms with Gasteiger partial charge in [-0.05, 0) is 30.5 Å². The summed E-state index contributed by atoms with van der Waals surface area (Å²) in [6.45, 7) is 2.36. The Morgan fingerprint density at radius 3 is 3.17 bits per heavy atom. The van der Waals surface area contributed by atoms with Crippen molar-refractivity contribution in [1.29, 1.82) is 0 Å². The minimum absolute atomic E-state index is 0.480. The van der Waals surface area contributed by atoms with Crippen LogP contribution in [0.25, 0.3) is 0 Å².